The molecule has 0 saturated carbocycles. The summed E-state index contributed by atoms with van der Waals surface area (Å²) in [6, 6.07) is 6.04. The van der Waals surface area contributed by atoms with Gasteiger partial charge in [0.15, 0.2) is 0 Å². The van der Waals surface area contributed by atoms with Gasteiger partial charge in [-0.25, -0.2) is 4.79 Å². The lowest BCUT2D eigenvalue weighted by Gasteiger charge is -2.26. The molecule has 0 radical (unpaired) electrons. The van der Waals surface area contributed by atoms with Crippen molar-refractivity contribution in [2.24, 2.45) is 5.92 Å². The van der Waals surface area contributed by atoms with Crippen molar-refractivity contribution in [3.05, 3.63) is 34.3 Å². The Labute approximate surface area is 144 Å². The van der Waals surface area contributed by atoms with E-state index in [1.807, 2.05) is 39.8 Å². The van der Waals surface area contributed by atoms with E-state index in [2.05, 4.69) is 30.5 Å². The molecular weight excluding hydrogens is 312 g/mol. The van der Waals surface area contributed by atoms with Gasteiger partial charge in [-0.3, -0.25) is 0 Å². The second-order valence-corrected chi connectivity index (χ2v) is 7.62. The number of carbonyl (C=O) groups is 1. The molecule has 0 fully saturated rings. The molecule has 0 heterocycles. The Morgan fingerprint density at radius 2 is 1.96 bits per heavy atom. The summed E-state index contributed by atoms with van der Waals surface area (Å²) in [7, 11) is 0. The van der Waals surface area contributed by atoms with E-state index in [4.69, 9.17) is 16.3 Å². The highest BCUT2D eigenvalue weighted by molar-refractivity contribution is 6.31. The van der Waals surface area contributed by atoms with Gasteiger partial charge in [-0.05, 0) is 50.8 Å². The van der Waals surface area contributed by atoms with Gasteiger partial charge in [0.1, 0.15) is 5.60 Å². The Bertz CT molecular complexity index is 524. The number of amides is 1. The summed E-state index contributed by atoms with van der Waals surface area (Å²) >= 11 is 6.13. The molecule has 0 saturated heterocycles. The summed E-state index contributed by atoms with van der Waals surface area (Å²) in [5, 5.41) is 7.07. The quantitative estimate of drug-likeness (QED) is 0.812. The molecule has 1 atom stereocenters. The number of halogens is 1. The number of hydrogen-bond donors (Lipinski definition) is 2. The van der Waals surface area contributed by atoms with Crippen LogP contribution in [-0.4, -0.2) is 24.3 Å². The molecule has 4 nitrogen and oxygen atoms in total. The number of aryl methyl sites for hydroxylation is 1. The Morgan fingerprint density at radius 3 is 2.48 bits per heavy atom. The minimum absolute atomic E-state index is 0.00534. The topological polar surface area (TPSA) is 50.4 Å². The standard InChI is InChI=1S/C18H29ClN2O2/c1-12(2)16(21-17(22)23-18(4,5)6)11-20-10-14-8-7-13(3)15(19)9-14/h7-9,12,16,20H,10-11H2,1-6H3,(H,21,22). The van der Waals surface area contributed by atoms with E-state index < -0.39 is 5.60 Å². The van der Waals surface area contributed by atoms with Crippen LogP contribution in [0.3, 0.4) is 0 Å². The van der Waals surface area contributed by atoms with Crippen LogP contribution in [0.1, 0.15) is 45.7 Å². The predicted octanol–water partition coefficient (Wildman–Crippen LogP) is 4.29. The maximum Gasteiger partial charge on any atom is 0.407 e. The summed E-state index contributed by atoms with van der Waals surface area (Å²) in [6.45, 7) is 13.1. The molecule has 0 spiro atoms. The lowest BCUT2D eigenvalue weighted by Crippen LogP contribution is -2.46. The van der Waals surface area contributed by atoms with Gasteiger partial charge in [0.25, 0.3) is 0 Å². The van der Waals surface area contributed by atoms with Gasteiger partial charge in [0.2, 0.25) is 0 Å². The number of rotatable bonds is 6. The van der Waals surface area contributed by atoms with Gasteiger partial charge >= 0.3 is 6.09 Å². The molecule has 5 heteroatoms. The molecule has 1 aromatic carbocycles. The molecular formula is C18H29ClN2O2. The highest BCUT2D eigenvalue weighted by Crippen LogP contribution is 2.16. The summed E-state index contributed by atoms with van der Waals surface area (Å²) in [6.07, 6.45) is -0.378. The fourth-order valence-electron chi connectivity index (χ4n) is 2.03. The lowest BCUT2D eigenvalue weighted by atomic mass is 10.0. The molecule has 1 unspecified atom stereocenters. The summed E-state index contributed by atoms with van der Waals surface area (Å²) < 4.78 is 5.32. The third-order valence-corrected chi connectivity index (χ3v) is 3.84. The van der Waals surface area contributed by atoms with Gasteiger partial charge in [-0.15, -0.1) is 0 Å². The molecule has 23 heavy (non-hydrogen) atoms. The summed E-state index contributed by atoms with van der Waals surface area (Å²) in [5.74, 6) is 0.302. The van der Waals surface area contributed by atoms with E-state index in [0.29, 0.717) is 19.0 Å². The molecule has 0 bridgehead atoms. The van der Waals surface area contributed by atoms with Crippen molar-refractivity contribution in [1.82, 2.24) is 10.6 Å². The van der Waals surface area contributed by atoms with E-state index >= 15 is 0 Å². The van der Waals surface area contributed by atoms with E-state index in [1.165, 1.54) is 0 Å². The van der Waals surface area contributed by atoms with Crippen LogP contribution in [0.15, 0.2) is 18.2 Å². The van der Waals surface area contributed by atoms with Crippen molar-refractivity contribution in [2.75, 3.05) is 6.54 Å². The molecule has 0 aliphatic carbocycles. The maximum atomic E-state index is 11.9. The van der Waals surface area contributed by atoms with Gasteiger partial charge in [-0.2, -0.15) is 0 Å². The molecule has 0 aromatic heterocycles. The number of hydrogen-bond acceptors (Lipinski definition) is 3. The molecule has 0 aliphatic heterocycles. The van der Waals surface area contributed by atoms with Crippen molar-refractivity contribution in [1.29, 1.82) is 0 Å². The zero-order valence-corrected chi connectivity index (χ0v) is 15.8. The van der Waals surface area contributed by atoms with Crippen molar-refractivity contribution >= 4 is 17.7 Å². The predicted molar refractivity (Wildman–Crippen MR) is 95.9 cm³/mol. The van der Waals surface area contributed by atoms with Gasteiger partial charge in [0, 0.05) is 24.2 Å². The van der Waals surface area contributed by atoms with E-state index in [-0.39, 0.29) is 12.1 Å². The maximum absolute atomic E-state index is 11.9. The molecule has 0 aliphatic rings. The average molecular weight is 341 g/mol. The monoisotopic (exact) mass is 340 g/mol. The first-order valence-electron chi connectivity index (χ1n) is 8.04. The normalized spacial score (nSPS) is 13.0. The zero-order valence-electron chi connectivity index (χ0n) is 15.0. The lowest BCUT2D eigenvalue weighted by molar-refractivity contribution is 0.0490. The number of nitrogens with one attached hydrogen (secondary N) is 2. The van der Waals surface area contributed by atoms with E-state index in [0.717, 1.165) is 16.1 Å². The van der Waals surface area contributed by atoms with Crippen molar-refractivity contribution in [3.63, 3.8) is 0 Å². The second-order valence-electron chi connectivity index (χ2n) is 7.21. The van der Waals surface area contributed by atoms with Crippen LogP contribution in [0.4, 0.5) is 4.79 Å². The second kappa shape index (κ2) is 8.55. The SMILES string of the molecule is Cc1ccc(CNCC(NC(=O)OC(C)(C)C)C(C)C)cc1Cl. The zero-order chi connectivity index (χ0) is 17.6. The van der Waals surface area contributed by atoms with Crippen LogP contribution in [0.5, 0.6) is 0 Å². The Kier molecular flexibility index (Phi) is 7.36. The summed E-state index contributed by atoms with van der Waals surface area (Å²) in [5.41, 5.74) is 1.71. The molecule has 130 valence electrons. The van der Waals surface area contributed by atoms with Crippen LogP contribution >= 0.6 is 11.6 Å². The van der Waals surface area contributed by atoms with Crippen LogP contribution in [0.2, 0.25) is 5.02 Å². The van der Waals surface area contributed by atoms with Crippen molar-refractivity contribution in [2.45, 2.75) is 59.7 Å². The minimum atomic E-state index is -0.488. The fourth-order valence-corrected chi connectivity index (χ4v) is 2.23. The molecule has 1 amide bonds. The largest absolute Gasteiger partial charge is 0.444 e. The van der Waals surface area contributed by atoms with Crippen LogP contribution in [-0.2, 0) is 11.3 Å². The molecule has 1 aromatic rings. The van der Waals surface area contributed by atoms with E-state index in [1.54, 1.807) is 0 Å². The first kappa shape index (κ1) is 19.8. The molecule has 1 rings (SSSR count). The smallest absolute Gasteiger partial charge is 0.407 e. The number of ether oxygens (including phenoxy) is 1. The average Bonchev–Trinajstić information content (AvgIpc) is 2.39. The van der Waals surface area contributed by atoms with Crippen molar-refractivity contribution < 1.29 is 9.53 Å². The summed E-state index contributed by atoms with van der Waals surface area (Å²) in [4.78, 5) is 11.9. The van der Waals surface area contributed by atoms with Gasteiger partial charge in [0.05, 0.1) is 0 Å². The van der Waals surface area contributed by atoms with Crippen LogP contribution < -0.4 is 10.6 Å². The Hall–Kier alpha value is -1.26. The number of alkyl carbamates (subject to hydrolysis) is 1. The van der Waals surface area contributed by atoms with Crippen molar-refractivity contribution in [3.8, 4) is 0 Å². The fraction of sp³-hybridized carbons (Fsp3) is 0.611. The first-order chi connectivity index (χ1) is 10.6. The highest BCUT2D eigenvalue weighted by Gasteiger charge is 2.21. The third kappa shape index (κ3) is 7.71. The number of benzene rings is 1. The third-order valence-electron chi connectivity index (χ3n) is 3.44. The first-order valence-corrected chi connectivity index (χ1v) is 8.41. The highest BCUT2D eigenvalue weighted by atomic mass is 35.5. The Balaban J connectivity index is 2.50. The van der Waals surface area contributed by atoms with Crippen LogP contribution in [0, 0.1) is 12.8 Å². The molecule has 2 N–H and O–H groups in total. The van der Waals surface area contributed by atoms with E-state index in [9.17, 15) is 4.79 Å². The van der Waals surface area contributed by atoms with Crippen LogP contribution in [0.25, 0.3) is 0 Å². The number of carbonyl (C=O) groups excluding carboxylic acids is 1. The Morgan fingerprint density at radius 1 is 1.30 bits per heavy atom. The van der Waals surface area contributed by atoms with Gasteiger partial charge < -0.3 is 15.4 Å². The van der Waals surface area contributed by atoms with Gasteiger partial charge in [-0.1, -0.05) is 37.6 Å². The minimum Gasteiger partial charge on any atom is -0.444 e.